The summed E-state index contributed by atoms with van der Waals surface area (Å²) in [5, 5.41) is 13.9. The lowest BCUT2D eigenvalue weighted by molar-refractivity contribution is -0.134. The zero-order valence-corrected chi connectivity index (χ0v) is 26.8. The number of para-hydroxylation sites is 1. The molecule has 1 aliphatic heterocycles. The molecule has 3 aromatic carbocycles. The first-order chi connectivity index (χ1) is 21.5. The van der Waals surface area contributed by atoms with Gasteiger partial charge in [0, 0.05) is 54.9 Å². The van der Waals surface area contributed by atoms with Crippen molar-refractivity contribution in [3.63, 3.8) is 0 Å². The maximum atomic E-state index is 13.6. The Bertz CT molecular complexity index is 1790. The van der Waals surface area contributed by atoms with Gasteiger partial charge in [-0.15, -0.1) is 0 Å². The van der Waals surface area contributed by atoms with Crippen molar-refractivity contribution in [1.82, 2.24) is 13.8 Å². The standard InChI is InChI=1S/C34H40N4O6S/c1-23-19-38(24(2)22-39)34(41)18-25-16-27(35-33(40)17-26-20-36(3)30-13-9-8-12-29(26)30)14-15-31(25)44-32(23)21-37(4)45(42,43)28-10-6-5-7-11-28/h5-16,20,23-24,32,39H,17-19,21-22H2,1-4H3,(H,35,40)/t23-,24+,32+/m0/s1. The molecule has 0 bridgehead atoms. The summed E-state index contributed by atoms with van der Waals surface area (Å²) in [4.78, 5) is 28.5. The summed E-state index contributed by atoms with van der Waals surface area (Å²) in [7, 11) is -0.329. The summed E-state index contributed by atoms with van der Waals surface area (Å²) < 4.78 is 36.4. The van der Waals surface area contributed by atoms with Crippen molar-refractivity contribution in [2.75, 3.05) is 32.1 Å². The molecule has 238 valence electrons. The van der Waals surface area contributed by atoms with Gasteiger partial charge in [0.05, 0.1) is 36.9 Å². The number of carbonyl (C=O) groups is 2. The highest BCUT2D eigenvalue weighted by Crippen LogP contribution is 2.30. The normalized spacial score (nSPS) is 18.1. The largest absolute Gasteiger partial charge is 0.488 e. The van der Waals surface area contributed by atoms with E-state index in [2.05, 4.69) is 5.32 Å². The summed E-state index contributed by atoms with van der Waals surface area (Å²) >= 11 is 0. The predicted molar refractivity (Wildman–Crippen MR) is 173 cm³/mol. The average Bonchev–Trinajstić information content (AvgIpc) is 3.36. The zero-order chi connectivity index (χ0) is 32.3. The Kier molecular flexibility index (Phi) is 9.62. The van der Waals surface area contributed by atoms with Crippen LogP contribution in [0.15, 0.2) is 83.9 Å². The molecule has 1 aliphatic rings. The number of amides is 2. The van der Waals surface area contributed by atoms with E-state index >= 15 is 0 Å². The molecule has 0 radical (unpaired) electrons. The highest BCUT2D eigenvalue weighted by molar-refractivity contribution is 7.89. The number of hydrogen-bond donors (Lipinski definition) is 2. The summed E-state index contributed by atoms with van der Waals surface area (Å²) in [5.74, 6) is -0.228. The minimum absolute atomic E-state index is 0.00962. The van der Waals surface area contributed by atoms with Crippen molar-refractivity contribution in [3.05, 3.63) is 90.1 Å². The SMILES string of the molecule is C[C@H](CO)N1C[C@H](C)[C@@H](CN(C)S(=O)(=O)c2ccccc2)Oc2ccc(NC(=O)Cc3cn(C)c4ccccc34)cc2CC1=O. The van der Waals surface area contributed by atoms with E-state index in [1.807, 2.05) is 49.0 Å². The van der Waals surface area contributed by atoms with E-state index in [4.69, 9.17) is 4.74 Å². The Morgan fingerprint density at radius 1 is 1.11 bits per heavy atom. The molecule has 11 heteroatoms. The Morgan fingerprint density at radius 2 is 1.82 bits per heavy atom. The van der Waals surface area contributed by atoms with E-state index in [1.165, 1.54) is 11.4 Å². The molecule has 45 heavy (non-hydrogen) atoms. The van der Waals surface area contributed by atoms with Crippen molar-refractivity contribution in [2.45, 2.75) is 43.7 Å². The van der Waals surface area contributed by atoms with Gasteiger partial charge in [-0.1, -0.05) is 43.3 Å². The molecule has 0 saturated heterocycles. The maximum Gasteiger partial charge on any atom is 0.242 e. The summed E-state index contributed by atoms with van der Waals surface area (Å²) in [6.45, 7) is 3.77. The summed E-state index contributed by atoms with van der Waals surface area (Å²) in [6, 6.07) is 20.8. The molecule has 0 unspecified atom stereocenters. The number of rotatable bonds is 9. The van der Waals surface area contributed by atoms with E-state index in [0.29, 0.717) is 17.0 Å². The third-order valence-electron chi connectivity index (χ3n) is 8.42. The van der Waals surface area contributed by atoms with Gasteiger partial charge in [-0.05, 0) is 48.9 Å². The smallest absolute Gasteiger partial charge is 0.242 e. The van der Waals surface area contributed by atoms with E-state index in [9.17, 15) is 23.1 Å². The van der Waals surface area contributed by atoms with Crippen molar-refractivity contribution in [1.29, 1.82) is 0 Å². The molecule has 3 atom stereocenters. The number of likely N-dealkylation sites (N-methyl/N-ethyl adjacent to an activating group) is 1. The molecule has 0 spiro atoms. The lowest BCUT2D eigenvalue weighted by Gasteiger charge is -2.33. The van der Waals surface area contributed by atoms with Crippen LogP contribution in [-0.2, 0) is 39.5 Å². The second-order valence-electron chi connectivity index (χ2n) is 11.8. The lowest BCUT2D eigenvalue weighted by Crippen LogP contribution is -2.48. The number of hydrogen-bond acceptors (Lipinski definition) is 6. The second kappa shape index (κ2) is 13.4. The van der Waals surface area contributed by atoms with Gasteiger partial charge in [-0.3, -0.25) is 9.59 Å². The van der Waals surface area contributed by atoms with Crippen LogP contribution in [0.2, 0.25) is 0 Å². The fourth-order valence-corrected chi connectivity index (χ4v) is 7.00. The minimum Gasteiger partial charge on any atom is -0.488 e. The molecule has 4 aromatic rings. The van der Waals surface area contributed by atoms with Gasteiger partial charge >= 0.3 is 0 Å². The Labute approximate surface area is 264 Å². The van der Waals surface area contributed by atoms with Gasteiger partial charge in [-0.2, -0.15) is 4.31 Å². The van der Waals surface area contributed by atoms with Crippen LogP contribution < -0.4 is 10.1 Å². The van der Waals surface area contributed by atoms with Gasteiger partial charge in [-0.25, -0.2) is 8.42 Å². The first-order valence-electron chi connectivity index (χ1n) is 15.0. The number of aromatic nitrogens is 1. The molecule has 0 saturated carbocycles. The quantitative estimate of drug-likeness (QED) is 0.290. The number of anilines is 1. The summed E-state index contributed by atoms with van der Waals surface area (Å²) in [6.07, 6.45) is 1.51. The number of aliphatic hydroxyl groups excluding tert-OH is 1. The maximum absolute atomic E-state index is 13.6. The van der Waals surface area contributed by atoms with Crippen molar-refractivity contribution in [2.24, 2.45) is 13.0 Å². The Balaban J connectivity index is 1.41. The number of fused-ring (bicyclic) bond motifs is 2. The fraction of sp³-hybridized carbons (Fsp3) is 0.353. The number of aliphatic hydroxyl groups is 1. The zero-order valence-electron chi connectivity index (χ0n) is 26.0. The molecule has 1 aromatic heterocycles. The topological polar surface area (TPSA) is 121 Å². The highest BCUT2D eigenvalue weighted by Gasteiger charge is 2.33. The van der Waals surface area contributed by atoms with Crippen LogP contribution in [0.25, 0.3) is 10.9 Å². The molecule has 2 N–H and O–H groups in total. The molecule has 5 rings (SSSR count). The third kappa shape index (κ3) is 7.06. The van der Waals surface area contributed by atoms with Crippen LogP contribution in [0, 0.1) is 5.92 Å². The van der Waals surface area contributed by atoms with Gasteiger partial charge in [0.25, 0.3) is 0 Å². The van der Waals surface area contributed by atoms with E-state index in [1.54, 1.807) is 60.4 Å². The molecule has 0 aliphatic carbocycles. The number of benzene rings is 3. The van der Waals surface area contributed by atoms with Crippen LogP contribution >= 0.6 is 0 Å². The predicted octanol–water partition coefficient (Wildman–Crippen LogP) is 3.83. The molecular formula is C34H40N4O6S. The lowest BCUT2D eigenvalue weighted by atomic mass is 10.0. The van der Waals surface area contributed by atoms with Crippen LogP contribution in [0.1, 0.15) is 25.0 Å². The van der Waals surface area contributed by atoms with E-state index < -0.39 is 22.2 Å². The molecule has 2 amide bonds. The first kappa shape index (κ1) is 32.2. The Hall–Kier alpha value is -4.19. The van der Waals surface area contributed by atoms with Gasteiger partial charge in [0.15, 0.2) is 0 Å². The molecule has 10 nitrogen and oxygen atoms in total. The number of nitrogens with one attached hydrogen (secondary N) is 1. The number of ether oxygens (including phenoxy) is 1. The molecule has 2 heterocycles. The molecule has 0 fully saturated rings. The van der Waals surface area contributed by atoms with Crippen molar-refractivity contribution in [3.8, 4) is 5.75 Å². The monoisotopic (exact) mass is 632 g/mol. The van der Waals surface area contributed by atoms with Crippen LogP contribution in [0.4, 0.5) is 5.69 Å². The summed E-state index contributed by atoms with van der Waals surface area (Å²) in [5.41, 5.74) is 3.03. The average molecular weight is 633 g/mol. The number of carbonyl (C=O) groups excluding carboxylic acids is 2. The highest BCUT2D eigenvalue weighted by atomic mass is 32.2. The number of nitrogens with zero attached hydrogens (tertiary/aromatic N) is 3. The Morgan fingerprint density at radius 3 is 2.56 bits per heavy atom. The second-order valence-corrected chi connectivity index (χ2v) is 13.9. The van der Waals surface area contributed by atoms with E-state index in [-0.39, 0.29) is 55.2 Å². The van der Waals surface area contributed by atoms with E-state index in [0.717, 1.165) is 16.5 Å². The van der Waals surface area contributed by atoms with Crippen molar-refractivity contribution < 1.29 is 27.9 Å². The number of aryl methyl sites for hydroxylation is 1. The third-order valence-corrected chi connectivity index (χ3v) is 10.3. The van der Waals surface area contributed by atoms with Gasteiger partial charge in [0.1, 0.15) is 11.9 Å². The number of sulfonamides is 1. The van der Waals surface area contributed by atoms with Crippen LogP contribution in [0.5, 0.6) is 5.75 Å². The van der Waals surface area contributed by atoms with Gasteiger partial charge < -0.3 is 24.6 Å². The molecular weight excluding hydrogens is 592 g/mol. The first-order valence-corrected chi connectivity index (χ1v) is 16.5. The minimum atomic E-state index is -3.79. The van der Waals surface area contributed by atoms with Crippen molar-refractivity contribution >= 4 is 38.4 Å². The van der Waals surface area contributed by atoms with Crippen LogP contribution in [-0.4, -0.2) is 78.0 Å². The van der Waals surface area contributed by atoms with Crippen LogP contribution in [0.3, 0.4) is 0 Å². The van der Waals surface area contributed by atoms with Gasteiger partial charge in [0.2, 0.25) is 21.8 Å². The fourth-order valence-electron chi connectivity index (χ4n) is 5.79.